The van der Waals surface area contributed by atoms with Crippen LogP contribution in [0.15, 0.2) is 0 Å². The summed E-state index contributed by atoms with van der Waals surface area (Å²) in [5, 5.41) is 14.2. The van der Waals surface area contributed by atoms with Gasteiger partial charge in [-0.25, -0.2) is 0 Å². The SMILES string of the molecule is CCCCN1C(=O)C2(CC(C)(C)N(CC(O)CC)C(C)(C)C2)OC12CCCCCCCCCCC2.COCC(C)CN1C(=O)C2(CC(C)(C)NC(C)(C)C2)OC12CCC2. The van der Waals surface area contributed by atoms with E-state index in [1.165, 1.54) is 44.9 Å². The van der Waals surface area contributed by atoms with Crippen LogP contribution in [0.4, 0.5) is 0 Å². The number of rotatable bonds is 10. The lowest BCUT2D eigenvalue weighted by Crippen LogP contribution is -2.68. The van der Waals surface area contributed by atoms with Crippen molar-refractivity contribution in [3.8, 4) is 0 Å². The zero-order chi connectivity index (χ0) is 43.5. The maximum Gasteiger partial charge on any atom is 0.257 e. The van der Waals surface area contributed by atoms with E-state index in [-0.39, 0.29) is 45.8 Å². The van der Waals surface area contributed by atoms with Crippen molar-refractivity contribution in [3.63, 3.8) is 0 Å². The summed E-state index contributed by atoms with van der Waals surface area (Å²) < 4.78 is 19.2. The number of nitrogens with zero attached hydrogens (tertiary/aromatic N) is 3. The Morgan fingerprint density at radius 2 is 1.10 bits per heavy atom. The van der Waals surface area contributed by atoms with Crippen molar-refractivity contribution in [2.75, 3.05) is 33.4 Å². The van der Waals surface area contributed by atoms with E-state index in [0.29, 0.717) is 31.9 Å². The van der Waals surface area contributed by atoms with Crippen LogP contribution in [-0.2, 0) is 23.8 Å². The zero-order valence-electron chi connectivity index (χ0n) is 40.2. The van der Waals surface area contributed by atoms with Crippen molar-refractivity contribution in [2.24, 2.45) is 5.92 Å². The standard InChI is InChI=1S/C30H56N2O3.C19H34N2O3/c1-7-9-21-31-26(34)29(23-27(3,4)32(22-25(33)8-2)28(5,6)24-29)35-30(31)19-17-15-13-11-10-12-14-16-18-20-30;1-14(11-23-6)10-21-15(22)18(24-19(21)8-7-9-19)12-16(2,3)20-17(4,5)13-18/h25,33H,7-24H2,1-6H3;14,20H,7-13H2,1-6H3. The lowest BCUT2D eigenvalue weighted by atomic mass is 9.70. The van der Waals surface area contributed by atoms with Crippen LogP contribution in [0.25, 0.3) is 0 Å². The highest BCUT2D eigenvalue weighted by Crippen LogP contribution is 2.55. The highest BCUT2D eigenvalue weighted by molar-refractivity contribution is 5.89. The molecular formula is C49H90N4O6. The van der Waals surface area contributed by atoms with E-state index in [4.69, 9.17) is 14.2 Å². The number of aliphatic hydroxyl groups excluding tert-OH is 1. The van der Waals surface area contributed by atoms with Gasteiger partial charge in [0, 0.05) is 74.6 Å². The quantitative estimate of drug-likeness (QED) is 0.225. The van der Waals surface area contributed by atoms with Gasteiger partial charge < -0.3 is 34.4 Å². The van der Waals surface area contributed by atoms with E-state index < -0.39 is 16.9 Å². The minimum Gasteiger partial charge on any atom is -0.392 e. The summed E-state index contributed by atoms with van der Waals surface area (Å²) in [4.78, 5) is 34.7. The predicted molar refractivity (Wildman–Crippen MR) is 238 cm³/mol. The first-order valence-electron chi connectivity index (χ1n) is 24.3. The number of ether oxygens (including phenoxy) is 3. The second kappa shape index (κ2) is 18.8. The second-order valence-corrected chi connectivity index (χ2v) is 22.8. The first-order valence-corrected chi connectivity index (χ1v) is 24.3. The van der Waals surface area contributed by atoms with Crippen LogP contribution in [0.2, 0.25) is 0 Å². The van der Waals surface area contributed by atoms with Crippen molar-refractivity contribution < 1.29 is 28.9 Å². The lowest BCUT2D eigenvalue weighted by Gasteiger charge is -2.58. The van der Waals surface area contributed by atoms with Crippen LogP contribution in [0.5, 0.6) is 0 Å². The highest BCUT2D eigenvalue weighted by atomic mass is 16.6. The first-order chi connectivity index (χ1) is 27.6. The van der Waals surface area contributed by atoms with Crippen LogP contribution >= 0.6 is 0 Å². The van der Waals surface area contributed by atoms with Crippen molar-refractivity contribution in [1.82, 2.24) is 20.0 Å². The van der Waals surface area contributed by atoms with E-state index in [1.807, 2.05) is 6.92 Å². The lowest BCUT2D eigenvalue weighted by molar-refractivity contribution is -0.203. The molecule has 2 N–H and O–H groups in total. The Kier molecular flexibility index (Phi) is 15.5. The molecule has 342 valence electrons. The van der Waals surface area contributed by atoms with Crippen molar-refractivity contribution in [1.29, 1.82) is 0 Å². The molecule has 0 aromatic carbocycles. The van der Waals surface area contributed by atoms with Crippen LogP contribution in [0, 0.1) is 5.92 Å². The molecule has 0 aromatic rings. The van der Waals surface area contributed by atoms with Crippen LogP contribution < -0.4 is 5.32 Å². The van der Waals surface area contributed by atoms with Gasteiger partial charge in [0.1, 0.15) is 11.4 Å². The normalized spacial score (nSPS) is 29.1. The highest BCUT2D eigenvalue weighted by Gasteiger charge is 2.67. The minimum atomic E-state index is -0.758. The second-order valence-electron chi connectivity index (χ2n) is 22.8. The zero-order valence-corrected chi connectivity index (χ0v) is 40.2. The number of methoxy groups -OCH3 is 1. The number of hydrogen-bond donors (Lipinski definition) is 2. The fourth-order valence-corrected chi connectivity index (χ4v) is 12.9. The van der Waals surface area contributed by atoms with E-state index in [0.717, 1.165) is 90.1 Å². The third kappa shape index (κ3) is 10.7. The summed E-state index contributed by atoms with van der Waals surface area (Å²) in [6.45, 7) is 27.0. The van der Waals surface area contributed by atoms with Gasteiger partial charge in [-0.2, -0.15) is 0 Å². The van der Waals surface area contributed by atoms with Gasteiger partial charge in [-0.1, -0.05) is 72.1 Å². The molecule has 0 radical (unpaired) electrons. The molecule has 4 heterocycles. The number of likely N-dealkylation sites (tertiary alicyclic amines) is 1. The first kappa shape index (κ1) is 48.7. The smallest absolute Gasteiger partial charge is 0.257 e. The molecule has 2 aliphatic carbocycles. The number of piperidine rings is 2. The number of amides is 2. The molecule has 4 aliphatic heterocycles. The Labute approximate surface area is 361 Å². The average molecular weight is 831 g/mol. The Morgan fingerprint density at radius 3 is 1.54 bits per heavy atom. The van der Waals surface area contributed by atoms with E-state index in [2.05, 4.69) is 89.3 Å². The molecule has 6 rings (SSSR count). The molecule has 2 saturated carbocycles. The Balaban J connectivity index is 0.000000240. The number of aliphatic hydroxyl groups is 1. The summed E-state index contributed by atoms with van der Waals surface area (Å²) in [6.07, 6.45) is 21.9. The number of β-amino-alcohol motifs (C(OH)–C–C–N with tert-alkyl or cyclic N) is 1. The average Bonchev–Trinajstić information content (AvgIpc) is 3.45. The van der Waals surface area contributed by atoms with Gasteiger partial charge in [0.15, 0.2) is 11.2 Å². The predicted octanol–water partition coefficient (Wildman–Crippen LogP) is 9.50. The third-order valence-electron chi connectivity index (χ3n) is 14.9. The molecule has 10 nitrogen and oxygen atoms in total. The fraction of sp³-hybridized carbons (Fsp3) is 0.959. The van der Waals surface area contributed by atoms with Gasteiger partial charge in [-0.05, 0) is 119 Å². The number of nitrogens with one attached hydrogen (secondary N) is 1. The van der Waals surface area contributed by atoms with Gasteiger partial charge in [0.05, 0.1) is 12.7 Å². The molecule has 4 saturated heterocycles. The maximum absolute atomic E-state index is 14.4. The van der Waals surface area contributed by atoms with Gasteiger partial charge in [-0.15, -0.1) is 0 Å². The van der Waals surface area contributed by atoms with Gasteiger partial charge >= 0.3 is 0 Å². The number of hydrogen-bond acceptors (Lipinski definition) is 8. The van der Waals surface area contributed by atoms with Crippen LogP contribution in [0.1, 0.15) is 211 Å². The number of carbonyl (C=O) groups excluding carboxylic acids is 2. The summed E-state index contributed by atoms with van der Waals surface area (Å²) >= 11 is 0. The molecule has 0 bridgehead atoms. The monoisotopic (exact) mass is 831 g/mol. The van der Waals surface area contributed by atoms with E-state index in [9.17, 15) is 14.7 Å². The maximum atomic E-state index is 14.4. The number of unbranched alkanes of at least 4 members (excludes halogenated alkanes) is 1. The molecule has 10 heteroatoms. The summed E-state index contributed by atoms with van der Waals surface area (Å²) in [6, 6.07) is 0. The molecule has 2 atom stereocenters. The fourth-order valence-electron chi connectivity index (χ4n) is 12.9. The van der Waals surface area contributed by atoms with Crippen LogP contribution in [0.3, 0.4) is 0 Å². The Bertz CT molecular complexity index is 1360. The minimum absolute atomic E-state index is 0.115. The molecule has 4 spiro atoms. The summed E-state index contributed by atoms with van der Waals surface area (Å²) in [5.41, 5.74) is -2.93. The molecule has 0 aromatic heterocycles. The van der Waals surface area contributed by atoms with Gasteiger partial charge in [0.25, 0.3) is 11.8 Å². The largest absolute Gasteiger partial charge is 0.392 e. The molecule has 2 unspecified atom stereocenters. The molecular weight excluding hydrogens is 741 g/mol. The number of carbonyl (C=O) groups is 2. The molecule has 59 heavy (non-hydrogen) atoms. The summed E-state index contributed by atoms with van der Waals surface area (Å²) in [5.74, 6) is 0.764. The van der Waals surface area contributed by atoms with E-state index >= 15 is 0 Å². The topological polar surface area (TPSA) is 104 Å². The summed E-state index contributed by atoms with van der Waals surface area (Å²) in [7, 11) is 1.72. The van der Waals surface area contributed by atoms with Crippen LogP contribution in [-0.4, -0.2) is 116 Å². The van der Waals surface area contributed by atoms with Gasteiger partial charge in [-0.3, -0.25) is 14.5 Å². The Morgan fingerprint density at radius 1 is 0.661 bits per heavy atom. The third-order valence-corrected chi connectivity index (χ3v) is 14.9. The molecule has 6 fully saturated rings. The van der Waals surface area contributed by atoms with Crippen molar-refractivity contribution in [3.05, 3.63) is 0 Å². The molecule has 2 amide bonds. The van der Waals surface area contributed by atoms with Gasteiger partial charge in [0.2, 0.25) is 0 Å². The van der Waals surface area contributed by atoms with Crippen molar-refractivity contribution in [2.45, 2.75) is 262 Å². The van der Waals surface area contributed by atoms with E-state index in [1.54, 1.807) is 7.11 Å². The molecule has 6 aliphatic rings. The Hall–Kier alpha value is -1.30. The van der Waals surface area contributed by atoms with Crippen molar-refractivity contribution >= 4 is 11.8 Å².